The van der Waals surface area contributed by atoms with Crippen molar-refractivity contribution in [3.63, 3.8) is 0 Å². The third-order valence-corrected chi connectivity index (χ3v) is 5.28. The Morgan fingerprint density at radius 2 is 2.04 bits per heavy atom. The van der Waals surface area contributed by atoms with Crippen LogP contribution in [0.1, 0.15) is 36.0 Å². The first-order valence-electron chi connectivity index (χ1n) is 8.76. The van der Waals surface area contributed by atoms with Gasteiger partial charge in [-0.1, -0.05) is 11.6 Å². The van der Waals surface area contributed by atoms with E-state index in [4.69, 9.17) is 17.3 Å². The molecule has 7 nitrogen and oxygen atoms in total. The average Bonchev–Trinajstić information content (AvgIpc) is 3.08. The zero-order valence-electron chi connectivity index (χ0n) is 14.7. The Bertz CT molecular complexity index is 1040. The zero-order chi connectivity index (χ0) is 19.9. The van der Waals surface area contributed by atoms with E-state index in [-0.39, 0.29) is 35.4 Å². The van der Waals surface area contributed by atoms with Gasteiger partial charge in [-0.3, -0.25) is 4.79 Å². The number of aromatic nitrogens is 4. The first-order valence-corrected chi connectivity index (χ1v) is 9.14. The third-order valence-electron chi connectivity index (χ3n) is 4.99. The summed E-state index contributed by atoms with van der Waals surface area (Å²) in [6, 6.07) is 1.52. The van der Waals surface area contributed by atoms with Gasteiger partial charge in [-0.15, -0.1) is 0 Å². The number of fused-ring (bicyclic) bond motifs is 1. The average molecular weight is 407 g/mol. The predicted molar refractivity (Wildman–Crippen MR) is 103 cm³/mol. The number of nitrogens with one attached hydrogen (secondary N) is 2. The maximum atomic E-state index is 13.4. The Morgan fingerprint density at radius 1 is 1.29 bits per heavy atom. The van der Waals surface area contributed by atoms with Gasteiger partial charge in [0.05, 0.1) is 10.9 Å². The predicted octanol–water partition coefficient (Wildman–Crippen LogP) is 4.06. The van der Waals surface area contributed by atoms with Crippen LogP contribution in [0.2, 0.25) is 5.15 Å². The number of alkyl halides is 2. The zero-order valence-corrected chi connectivity index (χ0v) is 15.4. The summed E-state index contributed by atoms with van der Waals surface area (Å²) in [6.45, 7) is 0. The lowest BCUT2D eigenvalue weighted by atomic mass is 9.92. The van der Waals surface area contributed by atoms with Crippen molar-refractivity contribution in [1.29, 1.82) is 0 Å². The molecule has 0 aliphatic heterocycles. The number of anilines is 2. The summed E-state index contributed by atoms with van der Waals surface area (Å²) in [6.07, 6.45) is 3.93. The number of carbonyl (C=O) groups is 1. The number of aldehydes is 1. The number of nitrogen functional groups attached to an aromatic ring is 1. The van der Waals surface area contributed by atoms with Gasteiger partial charge in [-0.05, 0) is 18.9 Å². The summed E-state index contributed by atoms with van der Waals surface area (Å²) < 4.78 is 26.8. The molecule has 10 heteroatoms. The number of pyridine rings is 1. The molecule has 3 aromatic rings. The number of carbonyl (C=O) groups excluding carboxylic acids is 1. The van der Waals surface area contributed by atoms with Crippen molar-refractivity contribution in [2.75, 3.05) is 11.1 Å². The molecule has 0 amide bonds. The molecule has 28 heavy (non-hydrogen) atoms. The smallest absolute Gasteiger partial charge is 0.248 e. The molecule has 3 heterocycles. The Morgan fingerprint density at radius 3 is 2.75 bits per heavy atom. The van der Waals surface area contributed by atoms with Gasteiger partial charge in [-0.2, -0.15) is 0 Å². The maximum Gasteiger partial charge on any atom is 0.248 e. The fourth-order valence-corrected chi connectivity index (χ4v) is 3.76. The molecule has 0 atom stereocenters. The molecule has 4 rings (SSSR count). The van der Waals surface area contributed by atoms with Gasteiger partial charge in [0.1, 0.15) is 28.8 Å². The van der Waals surface area contributed by atoms with Crippen molar-refractivity contribution < 1.29 is 13.6 Å². The monoisotopic (exact) mass is 406 g/mol. The molecule has 0 bridgehead atoms. The fourth-order valence-electron chi connectivity index (χ4n) is 3.53. The lowest BCUT2D eigenvalue weighted by Gasteiger charge is -2.29. The van der Waals surface area contributed by atoms with Crippen molar-refractivity contribution in [2.45, 2.75) is 37.6 Å². The Kier molecular flexibility index (Phi) is 4.62. The molecule has 146 valence electrons. The second-order valence-corrected chi connectivity index (χ2v) is 7.19. The van der Waals surface area contributed by atoms with E-state index in [1.807, 2.05) is 0 Å². The third kappa shape index (κ3) is 3.37. The molecular weight excluding hydrogens is 390 g/mol. The van der Waals surface area contributed by atoms with Crippen LogP contribution in [0, 0.1) is 0 Å². The van der Waals surface area contributed by atoms with Gasteiger partial charge in [0.15, 0.2) is 6.29 Å². The number of halogens is 3. The first kappa shape index (κ1) is 18.5. The SMILES string of the molecule is Nc1ncnc2[nH]cc(-c3cc(NC4CCC(F)(F)CC4)nc(Cl)c3C=O)c12. The van der Waals surface area contributed by atoms with Gasteiger partial charge >= 0.3 is 0 Å². The van der Waals surface area contributed by atoms with E-state index in [2.05, 4.69) is 25.3 Å². The van der Waals surface area contributed by atoms with Crippen LogP contribution in [0.15, 0.2) is 18.6 Å². The fraction of sp³-hybridized carbons (Fsp3) is 0.333. The van der Waals surface area contributed by atoms with Gasteiger partial charge in [0.25, 0.3) is 0 Å². The molecule has 1 aliphatic carbocycles. The van der Waals surface area contributed by atoms with E-state index in [1.54, 1.807) is 12.3 Å². The van der Waals surface area contributed by atoms with Crippen LogP contribution >= 0.6 is 11.6 Å². The molecule has 0 saturated heterocycles. The van der Waals surface area contributed by atoms with Gasteiger partial charge < -0.3 is 16.0 Å². The first-order chi connectivity index (χ1) is 13.4. The van der Waals surface area contributed by atoms with Gasteiger partial charge in [0.2, 0.25) is 5.92 Å². The number of aromatic amines is 1. The highest BCUT2D eigenvalue weighted by Crippen LogP contribution is 2.37. The normalized spacial score (nSPS) is 17.0. The van der Waals surface area contributed by atoms with E-state index in [0.29, 0.717) is 47.1 Å². The van der Waals surface area contributed by atoms with Crippen molar-refractivity contribution in [2.24, 2.45) is 0 Å². The molecule has 0 radical (unpaired) electrons. The van der Waals surface area contributed by atoms with E-state index >= 15 is 0 Å². The summed E-state index contributed by atoms with van der Waals surface area (Å²) in [5, 5.41) is 3.74. The number of nitrogens with zero attached hydrogens (tertiary/aromatic N) is 3. The van der Waals surface area contributed by atoms with Crippen molar-refractivity contribution in [3.8, 4) is 11.1 Å². The molecule has 0 aromatic carbocycles. The van der Waals surface area contributed by atoms with Crippen LogP contribution in [0.4, 0.5) is 20.4 Å². The topological polar surface area (TPSA) is 110 Å². The molecule has 1 aliphatic rings. The van der Waals surface area contributed by atoms with Crippen molar-refractivity contribution in [1.82, 2.24) is 19.9 Å². The van der Waals surface area contributed by atoms with Gasteiger partial charge in [-0.25, -0.2) is 23.7 Å². The minimum atomic E-state index is -2.61. The summed E-state index contributed by atoms with van der Waals surface area (Å²) in [5.74, 6) is -1.95. The highest BCUT2D eigenvalue weighted by Gasteiger charge is 2.35. The van der Waals surface area contributed by atoms with Crippen LogP contribution < -0.4 is 11.1 Å². The molecular formula is C18H17ClF2N6O. The minimum Gasteiger partial charge on any atom is -0.383 e. The number of hydrogen-bond donors (Lipinski definition) is 3. The Hall–Kier alpha value is -2.81. The second-order valence-electron chi connectivity index (χ2n) is 6.84. The molecule has 0 spiro atoms. The van der Waals surface area contributed by atoms with E-state index in [1.165, 1.54) is 6.33 Å². The highest BCUT2D eigenvalue weighted by atomic mass is 35.5. The second kappa shape index (κ2) is 6.97. The van der Waals surface area contributed by atoms with Crippen molar-refractivity contribution >= 4 is 40.6 Å². The number of nitrogens with two attached hydrogens (primary N) is 1. The Balaban J connectivity index is 1.74. The number of H-pyrrole nitrogens is 1. The number of rotatable bonds is 4. The van der Waals surface area contributed by atoms with Crippen LogP contribution in [0.3, 0.4) is 0 Å². The largest absolute Gasteiger partial charge is 0.383 e. The van der Waals surface area contributed by atoms with Crippen molar-refractivity contribution in [3.05, 3.63) is 29.3 Å². The van der Waals surface area contributed by atoms with Crippen LogP contribution in [0.25, 0.3) is 22.2 Å². The summed E-state index contributed by atoms with van der Waals surface area (Å²) in [4.78, 5) is 27.0. The lowest BCUT2D eigenvalue weighted by Crippen LogP contribution is -2.32. The molecule has 1 saturated carbocycles. The molecule has 3 aromatic heterocycles. The summed E-state index contributed by atoms with van der Waals surface area (Å²) >= 11 is 6.23. The van der Waals surface area contributed by atoms with E-state index in [0.717, 1.165) is 0 Å². The molecule has 4 N–H and O–H groups in total. The van der Waals surface area contributed by atoms with Crippen LogP contribution in [0.5, 0.6) is 0 Å². The summed E-state index contributed by atoms with van der Waals surface area (Å²) in [7, 11) is 0. The summed E-state index contributed by atoms with van der Waals surface area (Å²) in [5.41, 5.74) is 7.83. The number of hydrogen-bond acceptors (Lipinski definition) is 6. The molecule has 0 unspecified atom stereocenters. The van der Waals surface area contributed by atoms with Crippen LogP contribution in [-0.4, -0.2) is 38.2 Å². The maximum absolute atomic E-state index is 13.4. The standard InChI is InChI=1S/C18H17ClF2N6O/c19-15-12(7-28)10(11-6-23-17-14(11)16(22)24-8-25-17)5-13(27-15)26-9-1-3-18(20,21)4-2-9/h5-9H,1-4H2,(H,26,27)(H3,22,23,24,25). The quantitative estimate of drug-likeness (QED) is 0.445. The molecule has 1 fully saturated rings. The highest BCUT2D eigenvalue weighted by molar-refractivity contribution is 6.32. The minimum absolute atomic E-state index is 0.0147. The van der Waals surface area contributed by atoms with Crippen LogP contribution in [-0.2, 0) is 0 Å². The lowest BCUT2D eigenvalue weighted by molar-refractivity contribution is -0.0361. The van der Waals surface area contributed by atoms with Gasteiger partial charge in [0, 0.05) is 36.2 Å². The Labute approximate surface area is 163 Å². The van der Waals surface area contributed by atoms with E-state index < -0.39 is 5.92 Å². The van der Waals surface area contributed by atoms with E-state index in [9.17, 15) is 13.6 Å².